The van der Waals surface area contributed by atoms with Crippen LogP contribution in [0.5, 0.6) is 5.75 Å². The standard InChI is InChI=1S/C11H13N3O3/c12-6-5-9(16)11-13-10(14-17-11)7-1-3-8(15)4-2-7/h1-4,9,15-16H,5-6,12H2/t9-/m0/s1. The molecule has 90 valence electrons. The Morgan fingerprint density at radius 2 is 2.00 bits per heavy atom. The van der Waals surface area contributed by atoms with Crippen molar-refractivity contribution in [3.05, 3.63) is 30.2 Å². The maximum Gasteiger partial charge on any atom is 0.255 e. The maximum absolute atomic E-state index is 9.61. The topological polar surface area (TPSA) is 105 Å². The van der Waals surface area contributed by atoms with Crippen LogP contribution < -0.4 is 5.73 Å². The van der Waals surface area contributed by atoms with Gasteiger partial charge < -0.3 is 20.5 Å². The highest BCUT2D eigenvalue weighted by Crippen LogP contribution is 2.21. The quantitative estimate of drug-likeness (QED) is 0.724. The number of phenols is 1. The largest absolute Gasteiger partial charge is 0.508 e. The summed E-state index contributed by atoms with van der Waals surface area (Å²) < 4.78 is 4.93. The summed E-state index contributed by atoms with van der Waals surface area (Å²) in [6.45, 7) is 0.345. The van der Waals surface area contributed by atoms with Crippen LogP contribution in [0.25, 0.3) is 11.4 Å². The van der Waals surface area contributed by atoms with E-state index in [2.05, 4.69) is 10.1 Å². The van der Waals surface area contributed by atoms with Crippen LogP contribution in [0, 0.1) is 0 Å². The lowest BCUT2D eigenvalue weighted by Gasteiger charge is -2.00. The van der Waals surface area contributed by atoms with E-state index >= 15 is 0 Å². The van der Waals surface area contributed by atoms with Crippen LogP contribution >= 0.6 is 0 Å². The molecule has 0 fully saturated rings. The third-order valence-corrected chi connectivity index (χ3v) is 2.29. The molecular formula is C11H13N3O3. The number of rotatable bonds is 4. The summed E-state index contributed by atoms with van der Waals surface area (Å²) in [6.07, 6.45) is -0.463. The summed E-state index contributed by atoms with van der Waals surface area (Å²) in [6, 6.07) is 6.39. The molecule has 0 saturated carbocycles. The minimum Gasteiger partial charge on any atom is -0.508 e. The first-order valence-corrected chi connectivity index (χ1v) is 5.22. The number of benzene rings is 1. The highest BCUT2D eigenvalue weighted by molar-refractivity contribution is 5.55. The van der Waals surface area contributed by atoms with Gasteiger partial charge in [-0.1, -0.05) is 5.16 Å². The predicted molar refractivity (Wildman–Crippen MR) is 60.0 cm³/mol. The lowest BCUT2D eigenvalue weighted by Crippen LogP contribution is -2.06. The fraction of sp³-hybridized carbons (Fsp3) is 0.273. The van der Waals surface area contributed by atoms with Crippen molar-refractivity contribution in [1.29, 1.82) is 0 Å². The molecule has 0 amide bonds. The predicted octanol–water partition coefficient (Wildman–Crippen LogP) is 0.824. The van der Waals surface area contributed by atoms with Crippen LogP contribution in [0.1, 0.15) is 18.4 Å². The Morgan fingerprint density at radius 1 is 1.29 bits per heavy atom. The van der Waals surface area contributed by atoms with Gasteiger partial charge in [-0.2, -0.15) is 4.98 Å². The molecule has 6 heteroatoms. The van der Waals surface area contributed by atoms with E-state index in [1.807, 2.05) is 0 Å². The zero-order chi connectivity index (χ0) is 12.3. The fourth-order valence-corrected chi connectivity index (χ4v) is 1.38. The summed E-state index contributed by atoms with van der Waals surface area (Å²) in [5.41, 5.74) is 6.03. The van der Waals surface area contributed by atoms with E-state index in [-0.39, 0.29) is 11.6 Å². The Labute approximate surface area is 97.7 Å². The number of phenolic OH excluding ortho intramolecular Hbond substituents is 1. The molecule has 0 aliphatic rings. The van der Waals surface area contributed by atoms with E-state index in [1.54, 1.807) is 12.1 Å². The second kappa shape index (κ2) is 4.94. The molecular weight excluding hydrogens is 222 g/mol. The fourth-order valence-electron chi connectivity index (χ4n) is 1.38. The Bertz CT molecular complexity index is 481. The molecule has 4 N–H and O–H groups in total. The normalized spacial score (nSPS) is 12.6. The molecule has 1 aromatic carbocycles. The molecule has 6 nitrogen and oxygen atoms in total. The van der Waals surface area contributed by atoms with E-state index in [0.717, 1.165) is 0 Å². The Kier molecular flexibility index (Phi) is 3.36. The van der Waals surface area contributed by atoms with Crippen LogP contribution in [0.15, 0.2) is 28.8 Å². The number of nitrogens with two attached hydrogens (primary N) is 1. The third-order valence-electron chi connectivity index (χ3n) is 2.29. The SMILES string of the molecule is NCC[C@H](O)c1nc(-c2ccc(O)cc2)no1. The first-order chi connectivity index (χ1) is 8.20. The molecule has 1 atom stereocenters. The zero-order valence-electron chi connectivity index (χ0n) is 9.08. The minimum absolute atomic E-state index is 0.151. The van der Waals surface area contributed by atoms with E-state index in [0.29, 0.717) is 24.4 Å². The number of aromatic nitrogens is 2. The highest BCUT2D eigenvalue weighted by atomic mass is 16.5. The number of aromatic hydroxyl groups is 1. The second-order valence-electron chi connectivity index (χ2n) is 3.60. The van der Waals surface area contributed by atoms with E-state index in [9.17, 15) is 5.11 Å². The molecule has 0 bridgehead atoms. The average Bonchev–Trinajstić information content (AvgIpc) is 2.80. The summed E-state index contributed by atoms with van der Waals surface area (Å²) in [5.74, 6) is 0.690. The minimum atomic E-state index is -0.835. The first kappa shape index (κ1) is 11.6. The van der Waals surface area contributed by atoms with Crippen molar-refractivity contribution in [3.8, 4) is 17.1 Å². The zero-order valence-corrected chi connectivity index (χ0v) is 9.08. The van der Waals surface area contributed by atoms with Gasteiger partial charge >= 0.3 is 0 Å². The molecule has 0 saturated heterocycles. The van der Waals surface area contributed by atoms with E-state index < -0.39 is 6.10 Å². The van der Waals surface area contributed by atoms with Crippen LogP contribution in [-0.2, 0) is 0 Å². The van der Waals surface area contributed by atoms with Gasteiger partial charge in [0.2, 0.25) is 5.82 Å². The third kappa shape index (κ3) is 2.61. The van der Waals surface area contributed by atoms with Gasteiger partial charge in [-0.05, 0) is 37.2 Å². The van der Waals surface area contributed by atoms with Crippen molar-refractivity contribution in [2.75, 3.05) is 6.54 Å². The molecule has 0 aliphatic carbocycles. The van der Waals surface area contributed by atoms with Crippen LogP contribution in [-0.4, -0.2) is 26.9 Å². The molecule has 2 rings (SSSR count). The first-order valence-electron chi connectivity index (χ1n) is 5.22. The Balaban J connectivity index is 2.20. The van der Waals surface area contributed by atoms with Gasteiger partial charge in [-0.15, -0.1) is 0 Å². The number of hydrogen-bond donors (Lipinski definition) is 3. The highest BCUT2D eigenvalue weighted by Gasteiger charge is 2.15. The summed E-state index contributed by atoms with van der Waals surface area (Å²) in [4.78, 5) is 4.06. The van der Waals surface area contributed by atoms with Gasteiger partial charge in [0.25, 0.3) is 5.89 Å². The Morgan fingerprint density at radius 3 is 2.65 bits per heavy atom. The number of nitrogens with zero attached hydrogens (tertiary/aromatic N) is 2. The van der Waals surface area contributed by atoms with Crippen LogP contribution in [0.3, 0.4) is 0 Å². The number of aliphatic hydroxyl groups excluding tert-OH is 1. The Hall–Kier alpha value is -1.92. The van der Waals surface area contributed by atoms with Crippen molar-refractivity contribution >= 4 is 0 Å². The molecule has 17 heavy (non-hydrogen) atoms. The molecule has 0 aliphatic heterocycles. The smallest absolute Gasteiger partial charge is 0.255 e. The van der Waals surface area contributed by atoms with Crippen molar-refractivity contribution in [1.82, 2.24) is 10.1 Å². The molecule has 0 spiro atoms. The van der Waals surface area contributed by atoms with E-state index in [4.69, 9.17) is 15.4 Å². The van der Waals surface area contributed by atoms with Crippen molar-refractivity contribution in [2.24, 2.45) is 5.73 Å². The lowest BCUT2D eigenvalue weighted by atomic mass is 10.2. The van der Waals surface area contributed by atoms with Gasteiger partial charge in [0.05, 0.1) is 0 Å². The van der Waals surface area contributed by atoms with Gasteiger partial charge in [0, 0.05) is 5.56 Å². The monoisotopic (exact) mass is 235 g/mol. The van der Waals surface area contributed by atoms with E-state index in [1.165, 1.54) is 12.1 Å². The summed E-state index contributed by atoms with van der Waals surface area (Å²) in [5, 5.41) is 22.5. The molecule has 0 radical (unpaired) electrons. The van der Waals surface area contributed by atoms with Crippen molar-refractivity contribution in [2.45, 2.75) is 12.5 Å². The van der Waals surface area contributed by atoms with Crippen LogP contribution in [0.2, 0.25) is 0 Å². The summed E-state index contributed by atoms with van der Waals surface area (Å²) >= 11 is 0. The lowest BCUT2D eigenvalue weighted by molar-refractivity contribution is 0.127. The van der Waals surface area contributed by atoms with Crippen molar-refractivity contribution in [3.63, 3.8) is 0 Å². The summed E-state index contributed by atoms with van der Waals surface area (Å²) in [7, 11) is 0. The number of hydrogen-bond acceptors (Lipinski definition) is 6. The molecule has 1 heterocycles. The second-order valence-corrected chi connectivity index (χ2v) is 3.60. The van der Waals surface area contributed by atoms with Gasteiger partial charge in [0.15, 0.2) is 0 Å². The van der Waals surface area contributed by atoms with Gasteiger partial charge in [-0.3, -0.25) is 0 Å². The average molecular weight is 235 g/mol. The van der Waals surface area contributed by atoms with Gasteiger partial charge in [0.1, 0.15) is 11.9 Å². The molecule has 2 aromatic rings. The van der Waals surface area contributed by atoms with Gasteiger partial charge in [-0.25, -0.2) is 0 Å². The number of aliphatic hydroxyl groups is 1. The molecule has 1 aromatic heterocycles. The maximum atomic E-state index is 9.61. The molecule has 0 unspecified atom stereocenters. The van der Waals surface area contributed by atoms with Crippen molar-refractivity contribution < 1.29 is 14.7 Å². The van der Waals surface area contributed by atoms with Crippen LogP contribution in [0.4, 0.5) is 0 Å².